The zero-order valence-corrected chi connectivity index (χ0v) is 18.8. The first-order valence-corrected chi connectivity index (χ1v) is 11.6. The summed E-state index contributed by atoms with van der Waals surface area (Å²) < 4.78 is 18.0. The fourth-order valence-corrected chi connectivity index (χ4v) is 5.38. The summed E-state index contributed by atoms with van der Waals surface area (Å²) in [5.41, 5.74) is 2.26. The molecule has 3 heterocycles. The first-order valence-electron chi connectivity index (χ1n) is 11.6. The number of amides is 1. The number of hydrogen-bond acceptors (Lipinski definition) is 4. The van der Waals surface area contributed by atoms with E-state index in [-0.39, 0.29) is 30.3 Å². The number of nitrogens with zero attached hydrogens (tertiary/aromatic N) is 1. The minimum atomic E-state index is -0.314. The summed E-state index contributed by atoms with van der Waals surface area (Å²) in [5.74, 6) is 0.830. The summed E-state index contributed by atoms with van der Waals surface area (Å²) in [6.45, 7) is 10.8. The summed E-state index contributed by atoms with van der Waals surface area (Å²) >= 11 is 0. The van der Waals surface area contributed by atoms with Gasteiger partial charge < -0.3 is 18.9 Å². The van der Waals surface area contributed by atoms with E-state index >= 15 is 0 Å². The van der Waals surface area contributed by atoms with E-state index in [1.807, 2.05) is 4.90 Å². The number of likely N-dealkylation sites (tertiary alicyclic amines) is 1. The number of benzene rings is 1. The van der Waals surface area contributed by atoms with Crippen LogP contribution in [0, 0.1) is 5.41 Å². The van der Waals surface area contributed by atoms with Crippen LogP contribution in [0.5, 0.6) is 0 Å². The van der Waals surface area contributed by atoms with E-state index in [1.165, 1.54) is 12.0 Å². The molecule has 30 heavy (non-hydrogen) atoms. The SMILES string of the molecule is CC1(C)OB(c2ccc(C3CC34CCN(C(=O)C3CCCO3)CC4)cc2)OC1(C)C. The Balaban J connectivity index is 1.19. The summed E-state index contributed by atoms with van der Waals surface area (Å²) in [5, 5.41) is 0. The van der Waals surface area contributed by atoms with E-state index in [4.69, 9.17) is 14.0 Å². The second-order valence-electron chi connectivity index (χ2n) is 10.7. The van der Waals surface area contributed by atoms with Crippen molar-refractivity contribution in [1.82, 2.24) is 4.90 Å². The Morgan fingerprint density at radius 1 is 1.03 bits per heavy atom. The molecular weight excluding hydrogens is 377 g/mol. The molecule has 3 saturated heterocycles. The predicted molar refractivity (Wildman–Crippen MR) is 117 cm³/mol. The Hall–Kier alpha value is -1.37. The molecule has 3 aliphatic heterocycles. The quantitative estimate of drug-likeness (QED) is 0.717. The minimum Gasteiger partial charge on any atom is -0.399 e. The molecule has 0 radical (unpaired) electrons. The molecule has 5 rings (SSSR count). The van der Waals surface area contributed by atoms with Crippen molar-refractivity contribution in [1.29, 1.82) is 0 Å². The van der Waals surface area contributed by atoms with Crippen LogP contribution in [-0.4, -0.2) is 54.9 Å². The van der Waals surface area contributed by atoms with Gasteiger partial charge in [0.25, 0.3) is 5.91 Å². The van der Waals surface area contributed by atoms with Gasteiger partial charge in [0.05, 0.1) is 11.2 Å². The molecule has 1 saturated carbocycles. The molecule has 162 valence electrons. The zero-order chi connectivity index (χ0) is 21.1. The van der Waals surface area contributed by atoms with Gasteiger partial charge in [-0.3, -0.25) is 4.79 Å². The van der Waals surface area contributed by atoms with Gasteiger partial charge in [-0.1, -0.05) is 24.3 Å². The molecule has 5 nitrogen and oxygen atoms in total. The van der Waals surface area contributed by atoms with Gasteiger partial charge in [-0.2, -0.15) is 0 Å². The third-order valence-corrected chi connectivity index (χ3v) is 8.33. The first-order chi connectivity index (χ1) is 14.2. The number of hydrogen-bond donors (Lipinski definition) is 0. The summed E-state index contributed by atoms with van der Waals surface area (Å²) in [6, 6.07) is 8.84. The molecule has 0 aromatic heterocycles. The average molecular weight is 411 g/mol. The second kappa shape index (κ2) is 7.08. The lowest BCUT2D eigenvalue weighted by Gasteiger charge is -2.34. The molecule has 2 unspecified atom stereocenters. The minimum absolute atomic E-state index is 0.184. The van der Waals surface area contributed by atoms with E-state index in [1.54, 1.807) is 0 Å². The maximum atomic E-state index is 12.6. The van der Waals surface area contributed by atoms with E-state index in [0.717, 1.165) is 50.8 Å². The molecule has 4 aliphatic rings. The first kappa shape index (κ1) is 20.5. The maximum Gasteiger partial charge on any atom is 0.494 e. The van der Waals surface area contributed by atoms with E-state index in [0.29, 0.717) is 11.3 Å². The smallest absolute Gasteiger partial charge is 0.399 e. The van der Waals surface area contributed by atoms with Crippen LogP contribution in [0.3, 0.4) is 0 Å². The summed E-state index contributed by atoms with van der Waals surface area (Å²) in [4.78, 5) is 14.7. The number of ether oxygens (including phenoxy) is 1. The van der Waals surface area contributed by atoms with E-state index < -0.39 is 0 Å². The molecule has 0 bridgehead atoms. The van der Waals surface area contributed by atoms with Crippen LogP contribution in [0.4, 0.5) is 0 Å². The number of piperidine rings is 1. The lowest BCUT2D eigenvalue weighted by Crippen LogP contribution is -2.44. The third-order valence-electron chi connectivity index (χ3n) is 8.33. The average Bonchev–Trinajstić information content (AvgIpc) is 3.06. The molecular formula is C24H34BNO4. The normalized spacial score (nSPS) is 31.3. The lowest BCUT2D eigenvalue weighted by atomic mass is 9.78. The monoisotopic (exact) mass is 411 g/mol. The van der Waals surface area contributed by atoms with Gasteiger partial charge in [0.15, 0.2) is 0 Å². The Labute approximate surface area is 180 Å². The van der Waals surface area contributed by atoms with Crippen molar-refractivity contribution in [2.24, 2.45) is 5.41 Å². The molecule has 1 aromatic carbocycles. The van der Waals surface area contributed by atoms with Crippen molar-refractivity contribution in [3.8, 4) is 0 Å². The van der Waals surface area contributed by atoms with Gasteiger partial charge in [0.2, 0.25) is 0 Å². The van der Waals surface area contributed by atoms with Crippen molar-refractivity contribution < 1.29 is 18.8 Å². The number of carbonyl (C=O) groups is 1. The highest BCUT2D eigenvalue weighted by Gasteiger charge is 2.56. The summed E-state index contributed by atoms with van der Waals surface area (Å²) in [6.07, 6.45) is 5.17. The topological polar surface area (TPSA) is 48.0 Å². The van der Waals surface area contributed by atoms with Crippen LogP contribution < -0.4 is 5.46 Å². The van der Waals surface area contributed by atoms with Gasteiger partial charge in [-0.15, -0.1) is 0 Å². The molecule has 0 N–H and O–H groups in total. The van der Waals surface area contributed by atoms with Gasteiger partial charge in [-0.25, -0.2) is 0 Å². The number of carbonyl (C=O) groups excluding carboxylic acids is 1. The molecule has 2 atom stereocenters. The third kappa shape index (κ3) is 3.41. The standard InChI is InChI=1S/C24H34BNO4/c1-22(2)23(3,4)30-25(29-22)18-9-7-17(8-10-18)19-16-24(19)11-13-26(14-12-24)21(27)20-6-5-15-28-20/h7-10,19-20H,5-6,11-16H2,1-4H3. The van der Waals surface area contributed by atoms with Gasteiger partial charge in [-0.05, 0) is 82.2 Å². The molecule has 1 aliphatic carbocycles. The van der Waals surface area contributed by atoms with Crippen molar-refractivity contribution in [3.63, 3.8) is 0 Å². The Bertz CT molecular complexity index is 791. The highest BCUT2D eigenvalue weighted by Crippen LogP contribution is 2.64. The van der Waals surface area contributed by atoms with Crippen molar-refractivity contribution >= 4 is 18.5 Å². The maximum absolute atomic E-state index is 12.6. The molecule has 4 fully saturated rings. The second-order valence-corrected chi connectivity index (χ2v) is 10.7. The zero-order valence-electron chi connectivity index (χ0n) is 18.8. The Kier molecular flexibility index (Phi) is 4.84. The van der Waals surface area contributed by atoms with Crippen molar-refractivity contribution in [3.05, 3.63) is 29.8 Å². The lowest BCUT2D eigenvalue weighted by molar-refractivity contribution is -0.142. The fourth-order valence-electron chi connectivity index (χ4n) is 5.38. The largest absolute Gasteiger partial charge is 0.494 e. The number of rotatable bonds is 3. The van der Waals surface area contributed by atoms with Crippen LogP contribution in [-0.2, 0) is 18.8 Å². The van der Waals surface area contributed by atoms with Crippen LogP contribution in [0.25, 0.3) is 0 Å². The predicted octanol–water partition coefficient (Wildman–Crippen LogP) is 3.26. The molecule has 6 heteroatoms. The van der Waals surface area contributed by atoms with E-state index in [2.05, 4.69) is 52.0 Å². The van der Waals surface area contributed by atoms with Crippen LogP contribution in [0.2, 0.25) is 0 Å². The highest BCUT2D eigenvalue weighted by molar-refractivity contribution is 6.62. The molecule has 1 spiro atoms. The van der Waals surface area contributed by atoms with Gasteiger partial charge in [0, 0.05) is 19.7 Å². The van der Waals surface area contributed by atoms with Gasteiger partial charge >= 0.3 is 7.12 Å². The van der Waals surface area contributed by atoms with Crippen LogP contribution in [0.15, 0.2) is 24.3 Å². The molecule has 1 aromatic rings. The Morgan fingerprint density at radius 2 is 1.67 bits per heavy atom. The summed E-state index contributed by atoms with van der Waals surface area (Å²) in [7, 11) is -0.302. The van der Waals surface area contributed by atoms with Crippen LogP contribution in [0.1, 0.15) is 71.3 Å². The Morgan fingerprint density at radius 3 is 2.23 bits per heavy atom. The fraction of sp³-hybridized carbons (Fsp3) is 0.708. The van der Waals surface area contributed by atoms with Crippen molar-refractivity contribution in [2.75, 3.05) is 19.7 Å². The molecule has 1 amide bonds. The van der Waals surface area contributed by atoms with Crippen LogP contribution >= 0.6 is 0 Å². The highest BCUT2D eigenvalue weighted by atomic mass is 16.7. The van der Waals surface area contributed by atoms with E-state index in [9.17, 15) is 4.79 Å². The van der Waals surface area contributed by atoms with Gasteiger partial charge in [0.1, 0.15) is 6.10 Å². The van der Waals surface area contributed by atoms with Crippen molar-refractivity contribution in [2.45, 2.75) is 83.0 Å².